The Morgan fingerprint density at radius 2 is 2.12 bits per heavy atom. The zero-order chi connectivity index (χ0) is 19.2. The van der Waals surface area contributed by atoms with Crippen LogP contribution in [0.15, 0.2) is 33.7 Å². The monoisotopic (exact) mass is 423 g/mol. The third-order valence-corrected chi connectivity index (χ3v) is 5.21. The molecule has 26 heavy (non-hydrogen) atoms. The van der Waals surface area contributed by atoms with E-state index in [-0.39, 0.29) is 5.91 Å². The first-order valence-electron chi connectivity index (χ1n) is 9.14. The topological polar surface area (TPSA) is 68.8 Å². The first-order valence-corrected chi connectivity index (χ1v) is 9.93. The lowest BCUT2D eigenvalue weighted by Crippen LogP contribution is -2.45. The zero-order valence-electron chi connectivity index (χ0n) is 16.1. The molecule has 3 N–H and O–H groups in total. The summed E-state index contributed by atoms with van der Waals surface area (Å²) in [5, 5.41) is 9.50. The fourth-order valence-electron chi connectivity index (χ4n) is 3.01. The molecule has 1 amide bonds. The van der Waals surface area contributed by atoms with Crippen LogP contribution in [0.2, 0.25) is 0 Å². The summed E-state index contributed by atoms with van der Waals surface area (Å²) >= 11 is 3.63. The molecule has 1 aliphatic rings. The van der Waals surface area contributed by atoms with E-state index in [1.54, 1.807) is 7.05 Å². The molecule has 2 rings (SSSR count). The highest BCUT2D eigenvalue weighted by Gasteiger charge is 2.27. The van der Waals surface area contributed by atoms with Crippen molar-refractivity contribution in [2.45, 2.75) is 33.2 Å². The van der Waals surface area contributed by atoms with Gasteiger partial charge in [-0.1, -0.05) is 12.1 Å². The molecule has 0 aliphatic carbocycles. The van der Waals surface area contributed by atoms with E-state index < -0.39 is 5.41 Å². The Morgan fingerprint density at radius 3 is 2.77 bits per heavy atom. The first kappa shape index (κ1) is 20.6. The van der Waals surface area contributed by atoms with Crippen LogP contribution in [0.5, 0.6) is 0 Å². The summed E-state index contributed by atoms with van der Waals surface area (Å²) in [6, 6.07) is 8.62. The van der Waals surface area contributed by atoms with Gasteiger partial charge in [0.1, 0.15) is 0 Å². The number of benzene rings is 1. The predicted molar refractivity (Wildman–Crippen MR) is 112 cm³/mol. The number of hydrogen-bond donors (Lipinski definition) is 3. The van der Waals surface area contributed by atoms with Gasteiger partial charge in [0.15, 0.2) is 5.96 Å². The smallest absolute Gasteiger partial charge is 0.227 e. The number of amides is 1. The number of carbonyl (C=O) groups excluding carboxylic acids is 1. The Bertz CT molecular complexity index is 647. The molecule has 1 unspecified atom stereocenters. The first-order chi connectivity index (χ1) is 12.4. The van der Waals surface area contributed by atoms with Crippen molar-refractivity contribution in [3.8, 4) is 0 Å². The summed E-state index contributed by atoms with van der Waals surface area (Å²) in [6.45, 7) is 9.00. The van der Waals surface area contributed by atoms with Crippen molar-refractivity contribution in [3.63, 3.8) is 0 Å². The zero-order valence-corrected chi connectivity index (χ0v) is 17.7. The molecule has 1 aromatic rings. The quantitative estimate of drug-likeness (QED) is 0.485. The summed E-state index contributed by atoms with van der Waals surface area (Å²) in [5.74, 6) is 0.765. The van der Waals surface area contributed by atoms with Gasteiger partial charge in [-0.3, -0.25) is 9.79 Å². The molecule has 0 bridgehead atoms. The second kappa shape index (κ2) is 9.26. The molecule has 0 saturated carbocycles. The molecule has 144 valence electrons. The van der Waals surface area contributed by atoms with Gasteiger partial charge in [-0.2, -0.15) is 0 Å². The van der Waals surface area contributed by atoms with Crippen molar-refractivity contribution in [1.82, 2.24) is 16.0 Å². The van der Waals surface area contributed by atoms with Gasteiger partial charge in [-0.15, -0.1) is 0 Å². The normalized spacial score (nSPS) is 18.0. The van der Waals surface area contributed by atoms with Crippen molar-refractivity contribution < 1.29 is 4.79 Å². The van der Waals surface area contributed by atoms with E-state index in [9.17, 15) is 4.79 Å². The third-order valence-electron chi connectivity index (χ3n) is 4.54. The fraction of sp³-hybridized carbons (Fsp3) is 0.579. The molecule has 0 aromatic heterocycles. The summed E-state index contributed by atoms with van der Waals surface area (Å²) in [6.07, 6.45) is 1.05. The van der Waals surface area contributed by atoms with Gasteiger partial charge in [0.05, 0.1) is 17.6 Å². The van der Waals surface area contributed by atoms with Gasteiger partial charge in [0.25, 0.3) is 0 Å². The Hall–Kier alpha value is -1.76. The maximum atomic E-state index is 11.9. The van der Waals surface area contributed by atoms with Crippen LogP contribution in [0.25, 0.3) is 0 Å². The van der Waals surface area contributed by atoms with E-state index in [2.05, 4.69) is 60.0 Å². The van der Waals surface area contributed by atoms with Gasteiger partial charge in [-0.05, 0) is 55.3 Å². The van der Waals surface area contributed by atoms with Gasteiger partial charge < -0.3 is 20.9 Å². The van der Waals surface area contributed by atoms with Crippen LogP contribution in [0.1, 0.15) is 27.2 Å². The maximum absolute atomic E-state index is 11.9. The van der Waals surface area contributed by atoms with Crippen LogP contribution in [-0.4, -0.2) is 51.1 Å². The van der Waals surface area contributed by atoms with Crippen LogP contribution < -0.4 is 20.9 Å². The molecule has 0 radical (unpaired) electrons. The Labute approximate surface area is 165 Å². The molecule has 1 aliphatic heterocycles. The highest BCUT2D eigenvalue weighted by atomic mass is 79.9. The summed E-state index contributed by atoms with van der Waals surface area (Å²) in [7, 11) is 1.66. The number of anilines is 1. The van der Waals surface area contributed by atoms with Crippen molar-refractivity contribution in [3.05, 3.63) is 28.7 Å². The van der Waals surface area contributed by atoms with Gasteiger partial charge in [0, 0.05) is 37.2 Å². The number of nitrogens with one attached hydrogen (secondary N) is 3. The minimum absolute atomic E-state index is 0.00179. The summed E-state index contributed by atoms with van der Waals surface area (Å²) in [5.41, 5.74) is 0.688. The number of halogens is 1. The number of aliphatic imine (C=N–C) groups is 1. The molecule has 6 nitrogen and oxygen atoms in total. The number of guanidine groups is 1. The predicted octanol–water partition coefficient (Wildman–Crippen LogP) is 2.36. The average Bonchev–Trinajstić information content (AvgIpc) is 3.08. The van der Waals surface area contributed by atoms with Crippen molar-refractivity contribution in [2.75, 3.05) is 38.1 Å². The highest BCUT2D eigenvalue weighted by Crippen LogP contribution is 2.28. The van der Waals surface area contributed by atoms with E-state index in [4.69, 9.17) is 0 Å². The molecule has 1 aromatic carbocycles. The van der Waals surface area contributed by atoms with Crippen LogP contribution in [0.3, 0.4) is 0 Å². The highest BCUT2D eigenvalue weighted by molar-refractivity contribution is 9.10. The second-order valence-electron chi connectivity index (χ2n) is 7.19. The Balaban J connectivity index is 1.99. The number of nitrogens with zero attached hydrogens (tertiary/aromatic N) is 2. The van der Waals surface area contributed by atoms with E-state index in [1.165, 1.54) is 5.69 Å². The molecule has 1 heterocycles. The number of carbonyl (C=O) groups is 1. The molecular weight excluding hydrogens is 394 g/mol. The van der Waals surface area contributed by atoms with Gasteiger partial charge in [0.2, 0.25) is 5.91 Å². The fourth-order valence-corrected chi connectivity index (χ4v) is 3.54. The van der Waals surface area contributed by atoms with Crippen molar-refractivity contribution in [2.24, 2.45) is 10.4 Å². The van der Waals surface area contributed by atoms with E-state index in [1.807, 2.05) is 26.8 Å². The third kappa shape index (κ3) is 5.37. The maximum Gasteiger partial charge on any atom is 0.227 e. The van der Waals surface area contributed by atoms with Gasteiger partial charge in [-0.25, -0.2) is 0 Å². The van der Waals surface area contributed by atoms with E-state index >= 15 is 0 Å². The van der Waals surface area contributed by atoms with E-state index in [0.717, 1.165) is 36.5 Å². The van der Waals surface area contributed by atoms with Crippen LogP contribution in [-0.2, 0) is 4.79 Å². The van der Waals surface area contributed by atoms with Crippen molar-refractivity contribution >= 4 is 33.5 Å². The Kier molecular flexibility index (Phi) is 7.32. The van der Waals surface area contributed by atoms with Crippen molar-refractivity contribution in [1.29, 1.82) is 0 Å². The lowest BCUT2D eigenvalue weighted by Gasteiger charge is -2.23. The number of para-hydroxylation sites is 1. The molecule has 1 saturated heterocycles. The molecule has 0 spiro atoms. The molecule has 1 fully saturated rings. The van der Waals surface area contributed by atoms with Gasteiger partial charge >= 0.3 is 0 Å². The van der Waals surface area contributed by atoms with Crippen LogP contribution in [0, 0.1) is 5.41 Å². The van der Waals surface area contributed by atoms with E-state index in [0.29, 0.717) is 12.6 Å². The molecule has 7 heteroatoms. The molecule has 1 atom stereocenters. The second-order valence-corrected chi connectivity index (χ2v) is 8.04. The minimum Gasteiger partial charge on any atom is -0.368 e. The lowest BCUT2D eigenvalue weighted by atomic mass is 9.93. The standard InChI is InChI=1S/C19H30BrN5O/c1-5-22-18(23-13-19(2,3)17(26)21-4)24-14-10-11-25(12-14)16-9-7-6-8-15(16)20/h6-9,14H,5,10-13H2,1-4H3,(H,21,26)(H2,22,23,24). The minimum atomic E-state index is -0.534. The SMILES string of the molecule is CCNC(=NCC(C)(C)C(=O)NC)NC1CCN(c2ccccc2Br)C1. The Morgan fingerprint density at radius 1 is 1.38 bits per heavy atom. The number of hydrogen-bond acceptors (Lipinski definition) is 3. The number of rotatable bonds is 6. The summed E-state index contributed by atoms with van der Waals surface area (Å²) in [4.78, 5) is 19.0. The van der Waals surface area contributed by atoms with Crippen LogP contribution in [0.4, 0.5) is 5.69 Å². The average molecular weight is 424 g/mol. The largest absolute Gasteiger partial charge is 0.368 e. The molecular formula is C19H30BrN5O. The lowest BCUT2D eigenvalue weighted by molar-refractivity contribution is -0.128. The van der Waals surface area contributed by atoms with Crippen LogP contribution >= 0.6 is 15.9 Å². The summed E-state index contributed by atoms with van der Waals surface area (Å²) < 4.78 is 1.12.